The van der Waals surface area contributed by atoms with Crippen LogP contribution in [0.4, 0.5) is 0 Å². The largest absolute Gasteiger partial charge is 0.0914 e. The zero-order valence-electron chi connectivity index (χ0n) is 6.88. The molecule has 0 radical (unpaired) electrons. The van der Waals surface area contributed by atoms with Crippen molar-refractivity contribution in [2.75, 3.05) is 0 Å². The Morgan fingerprint density at radius 1 is 1.50 bits per heavy atom. The maximum absolute atomic E-state index is 2.32. The molecule has 0 heteroatoms. The van der Waals surface area contributed by atoms with Crippen LogP contribution in [0.3, 0.4) is 0 Å². The number of hydrogen-bond acceptors (Lipinski definition) is 0. The summed E-state index contributed by atoms with van der Waals surface area (Å²) in [5, 5.41) is 0. The Balaban J connectivity index is 2.44. The third-order valence-corrected chi connectivity index (χ3v) is 2.04. The van der Waals surface area contributed by atoms with Crippen LogP contribution in [0.5, 0.6) is 0 Å². The maximum Gasteiger partial charge on any atom is -0.0194 e. The van der Waals surface area contributed by atoms with Gasteiger partial charge in [-0.3, -0.25) is 0 Å². The van der Waals surface area contributed by atoms with Gasteiger partial charge in [0.1, 0.15) is 0 Å². The van der Waals surface area contributed by atoms with Crippen molar-refractivity contribution < 1.29 is 0 Å². The molecule has 0 saturated carbocycles. The highest BCUT2D eigenvalue weighted by Crippen LogP contribution is 2.23. The number of allylic oxidation sites excluding steroid dienone is 4. The second kappa shape index (κ2) is 3.60. The summed E-state index contributed by atoms with van der Waals surface area (Å²) in [6, 6.07) is 0. The fourth-order valence-electron chi connectivity index (χ4n) is 1.57. The fraction of sp³-hybridized carbons (Fsp3) is 0.600. The first-order valence-electron chi connectivity index (χ1n) is 4.12. The quantitative estimate of drug-likeness (QED) is 0.486. The molecule has 1 rings (SSSR count). The summed E-state index contributed by atoms with van der Waals surface area (Å²) < 4.78 is 0. The normalized spacial score (nSPS) is 33.4. The predicted molar refractivity (Wildman–Crippen MR) is 45.8 cm³/mol. The molecule has 0 fully saturated rings. The highest BCUT2D eigenvalue weighted by Gasteiger charge is 2.10. The van der Waals surface area contributed by atoms with Crippen molar-refractivity contribution in [3.8, 4) is 0 Å². The lowest BCUT2D eigenvalue weighted by molar-refractivity contribution is 0.489. The fourth-order valence-corrected chi connectivity index (χ4v) is 1.57. The standard InChI is InChI=1S/C10H16/c1-3-5-10-7-4-6-9(2)8-10/h3-6,9-10H,7-8H2,1-2H3. The first-order chi connectivity index (χ1) is 4.83. The van der Waals surface area contributed by atoms with Crippen LogP contribution in [-0.2, 0) is 0 Å². The molecule has 0 aromatic heterocycles. The summed E-state index contributed by atoms with van der Waals surface area (Å²) in [5.74, 6) is 1.60. The van der Waals surface area contributed by atoms with Gasteiger partial charge in [-0.1, -0.05) is 31.2 Å². The van der Waals surface area contributed by atoms with E-state index in [9.17, 15) is 0 Å². The molecule has 2 atom stereocenters. The Kier molecular flexibility index (Phi) is 2.73. The van der Waals surface area contributed by atoms with Crippen molar-refractivity contribution in [2.45, 2.75) is 26.7 Å². The third-order valence-electron chi connectivity index (χ3n) is 2.04. The van der Waals surface area contributed by atoms with Gasteiger partial charge in [0.05, 0.1) is 0 Å². The van der Waals surface area contributed by atoms with Crippen LogP contribution < -0.4 is 0 Å². The van der Waals surface area contributed by atoms with E-state index >= 15 is 0 Å². The summed E-state index contributed by atoms with van der Waals surface area (Å²) in [5.41, 5.74) is 0. The van der Waals surface area contributed by atoms with Gasteiger partial charge in [0.25, 0.3) is 0 Å². The molecule has 0 amide bonds. The highest BCUT2D eigenvalue weighted by atomic mass is 14.2. The molecule has 0 nitrogen and oxygen atoms in total. The van der Waals surface area contributed by atoms with Gasteiger partial charge < -0.3 is 0 Å². The molecule has 1 aliphatic rings. The van der Waals surface area contributed by atoms with Crippen LogP contribution in [0.15, 0.2) is 24.3 Å². The molecule has 1 aliphatic carbocycles. The van der Waals surface area contributed by atoms with Gasteiger partial charge in [-0.05, 0) is 31.6 Å². The lowest BCUT2D eigenvalue weighted by Crippen LogP contribution is -2.05. The van der Waals surface area contributed by atoms with E-state index in [-0.39, 0.29) is 0 Å². The zero-order valence-corrected chi connectivity index (χ0v) is 6.88. The summed E-state index contributed by atoms with van der Waals surface area (Å²) in [6.07, 6.45) is 11.7. The van der Waals surface area contributed by atoms with Crippen molar-refractivity contribution in [3.63, 3.8) is 0 Å². The van der Waals surface area contributed by atoms with Gasteiger partial charge in [0.2, 0.25) is 0 Å². The van der Waals surface area contributed by atoms with Crippen LogP contribution in [0.25, 0.3) is 0 Å². The van der Waals surface area contributed by atoms with E-state index in [4.69, 9.17) is 0 Å². The summed E-state index contributed by atoms with van der Waals surface area (Å²) in [4.78, 5) is 0. The minimum Gasteiger partial charge on any atom is -0.0914 e. The van der Waals surface area contributed by atoms with E-state index in [1.807, 2.05) is 0 Å². The molecule has 0 aliphatic heterocycles. The first kappa shape index (κ1) is 7.59. The van der Waals surface area contributed by atoms with Crippen LogP contribution in [0.1, 0.15) is 26.7 Å². The molecule has 0 aromatic rings. The minimum absolute atomic E-state index is 0.787. The third kappa shape index (κ3) is 2.02. The molecule has 0 spiro atoms. The average Bonchev–Trinajstić information content (AvgIpc) is 1.88. The van der Waals surface area contributed by atoms with Crippen LogP contribution >= 0.6 is 0 Å². The Labute approximate surface area is 63.6 Å². The Morgan fingerprint density at radius 2 is 2.30 bits per heavy atom. The molecular formula is C10H16. The van der Waals surface area contributed by atoms with Gasteiger partial charge in [-0.2, -0.15) is 0 Å². The van der Waals surface area contributed by atoms with E-state index in [1.165, 1.54) is 12.8 Å². The second-order valence-corrected chi connectivity index (χ2v) is 3.16. The molecular weight excluding hydrogens is 120 g/mol. The number of rotatable bonds is 1. The SMILES string of the molecule is CC=CC1CC=CC(C)C1. The van der Waals surface area contributed by atoms with Crippen molar-refractivity contribution in [1.29, 1.82) is 0 Å². The van der Waals surface area contributed by atoms with Gasteiger partial charge in [-0.25, -0.2) is 0 Å². The summed E-state index contributed by atoms with van der Waals surface area (Å²) in [7, 11) is 0. The molecule has 0 N–H and O–H groups in total. The van der Waals surface area contributed by atoms with E-state index < -0.39 is 0 Å². The predicted octanol–water partition coefficient (Wildman–Crippen LogP) is 3.16. The lowest BCUT2D eigenvalue weighted by Gasteiger charge is -2.18. The number of hydrogen-bond donors (Lipinski definition) is 0. The molecule has 0 heterocycles. The van der Waals surface area contributed by atoms with Crippen molar-refractivity contribution >= 4 is 0 Å². The van der Waals surface area contributed by atoms with E-state index in [0.717, 1.165) is 11.8 Å². The van der Waals surface area contributed by atoms with Crippen LogP contribution in [0.2, 0.25) is 0 Å². The zero-order chi connectivity index (χ0) is 7.40. The van der Waals surface area contributed by atoms with Crippen molar-refractivity contribution in [2.24, 2.45) is 11.8 Å². The Morgan fingerprint density at radius 3 is 2.90 bits per heavy atom. The van der Waals surface area contributed by atoms with Crippen molar-refractivity contribution in [1.82, 2.24) is 0 Å². The smallest absolute Gasteiger partial charge is 0.0194 e. The van der Waals surface area contributed by atoms with E-state index in [2.05, 4.69) is 38.2 Å². The molecule has 0 saturated heterocycles. The maximum atomic E-state index is 2.32. The molecule has 2 unspecified atom stereocenters. The lowest BCUT2D eigenvalue weighted by atomic mass is 9.88. The molecule has 0 bridgehead atoms. The summed E-state index contributed by atoms with van der Waals surface area (Å²) in [6.45, 7) is 4.38. The molecule has 0 aromatic carbocycles. The Hall–Kier alpha value is -0.520. The minimum atomic E-state index is 0.787. The first-order valence-corrected chi connectivity index (χ1v) is 4.12. The van der Waals surface area contributed by atoms with Crippen LogP contribution in [0, 0.1) is 11.8 Å². The van der Waals surface area contributed by atoms with Gasteiger partial charge >= 0.3 is 0 Å². The van der Waals surface area contributed by atoms with E-state index in [0.29, 0.717) is 0 Å². The average molecular weight is 136 g/mol. The Bertz CT molecular complexity index is 142. The monoisotopic (exact) mass is 136 g/mol. The highest BCUT2D eigenvalue weighted by molar-refractivity contribution is 5.00. The second-order valence-electron chi connectivity index (χ2n) is 3.16. The molecule has 10 heavy (non-hydrogen) atoms. The van der Waals surface area contributed by atoms with E-state index in [1.54, 1.807) is 0 Å². The van der Waals surface area contributed by atoms with Gasteiger partial charge in [-0.15, -0.1) is 0 Å². The van der Waals surface area contributed by atoms with Gasteiger partial charge in [0, 0.05) is 0 Å². The van der Waals surface area contributed by atoms with Crippen molar-refractivity contribution in [3.05, 3.63) is 24.3 Å². The topological polar surface area (TPSA) is 0 Å². The summed E-state index contributed by atoms with van der Waals surface area (Å²) >= 11 is 0. The van der Waals surface area contributed by atoms with Gasteiger partial charge in [0.15, 0.2) is 0 Å². The van der Waals surface area contributed by atoms with Crippen LogP contribution in [-0.4, -0.2) is 0 Å². The molecule has 56 valence electrons.